The van der Waals surface area contributed by atoms with Gasteiger partial charge in [0.2, 0.25) is 0 Å². The van der Waals surface area contributed by atoms with E-state index >= 15 is 0 Å². The number of nitrogens with zero attached hydrogens (tertiary/aromatic N) is 5. The number of hydrogen-bond donors (Lipinski definition) is 0. The van der Waals surface area contributed by atoms with Gasteiger partial charge in [0.15, 0.2) is 5.82 Å². The molecular weight excluding hydrogens is 275 g/mol. The summed E-state index contributed by atoms with van der Waals surface area (Å²) in [6, 6.07) is 1.63. The monoisotopic (exact) mass is 287 g/mol. The van der Waals surface area contributed by atoms with Gasteiger partial charge in [-0.2, -0.15) is 22.7 Å². The van der Waals surface area contributed by atoms with Gasteiger partial charge in [-0.15, -0.1) is 5.10 Å². The van der Waals surface area contributed by atoms with Crippen LogP contribution >= 0.6 is 0 Å². The molecule has 1 aliphatic heterocycles. The second-order valence-corrected chi connectivity index (χ2v) is 4.54. The normalized spacial score (nSPS) is 16.9. The Bertz CT molecular complexity index is 633. The number of aromatic nitrogens is 4. The highest BCUT2D eigenvalue weighted by Gasteiger charge is 2.37. The summed E-state index contributed by atoms with van der Waals surface area (Å²) in [4.78, 5) is 12.9. The van der Waals surface area contributed by atoms with Gasteiger partial charge < -0.3 is 0 Å². The van der Waals surface area contributed by atoms with Crippen LogP contribution in [0.3, 0.4) is 0 Å². The van der Waals surface area contributed by atoms with Crippen LogP contribution in [0.1, 0.15) is 24.4 Å². The van der Waals surface area contributed by atoms with E-state index in [0.717, 1.165) is 17.4 Å². The van der Waals surface area contributed by atoms with Crippen molar-refractivity contribution in [2.75, 3.05) is 18.2 Å². The van der Waals surface area contributed by atoms with E-state index in [-0.39, 0.29) is 5.78 Å². The summed E-state index contributed by atoms with van der Waals surface area (Å²) >= 11 is 0. The van der Waals surface area contributed by atoms with Crippen LogP contribution in [0.5, 0.6) is 0 Å². The molecule has 2 aromatic heterocycles. The lowest BCUT2D eigenvalue weighted by Gasteiger charge is -2.27. The molecule has 1 aliphatic rings. The number of alkyl halides is 3. The van der Waals surface area contributed by atoms with Gasteiger partial charge in [-0.25, -0.2) is 10.0 Å². The second-order valence-electron chi connectivity index (χ2n) is 4.54. The molecule has 0 radical (unpaired) electrons. The van der Waals surface area contributed by atoms with Crippen LogP contribution in [-0.4, -0.2) is 32.7 Å². The van der Waals surface area contributed by atoms with Crippen molar-refractivity contribution < 1.29 is 18.0 Å². The Kier molecular flexibility index (Phi) is 3.00. The third-order valence-electron chi connectivity index (χ3n) is 2.93. The van der Waals surface area contributed by atoms with Crippen molar-refractivity contribution in [2.24, 2.45) is 0 Å². The van der Waals surface area contributed by atoms with E-state index in [4.69, 9.17) is 4.84 Å². The Morgan fingerprint density at radius 2 is 2.05 bits per heavy atom. The zero-order chi connectivity index (χ0) is 14.3. The first-order valence-electron chi connectivity index (χ1n) is 6.17. The zero-order valence-electron chi connectivity index (χ0n) is 10.7. The molecule has 108 valence electrons. The van der Waals surface area contributed by atoms with Crippen molar-refractivity contribution >= 4 is 11.6 Å². The maximum Gasteiger partial charge on any atom is 0.453 e. The van der Waals surface area contributed by atoms with Crippen molar-refractivity contribution in [3.05, 3.63) is 17.6 Å². The largest absolute Gasteiger partial charge is 0.453 e. The lowest BCUT2D eigenvalue weighted by atomic mass is 10.3. The van der Waals surface area contributed by atoms with E-state index < -0.39 is 12.0 Å². The zero-order valence-corrected chi connectivity index (χ0v) is 10.7. The van der Waals surface area contributed by atoms with Crippen LogP contribution < -0.4 is 5.06 Å². The van der Waals surface area contributed by atoms with Crippen molar-refractivity contribution in [3.63, 3.8) is 0 Å². The Hall–Kier alpha value is -1.90. The fourth-order valence-electron chi connectivity index (χ4n) is 2.04. The SMILES string of the molecule is Cc1cc(N2CCCCO2)n2nc(C(F)(F)F)nc2n1. The minimum Gasteiger partial charge on any atom is -0.272 e. The molecule has 1 saturated heterocycles. The first kappa shape index (κ1) is 13.1. The molecule has 0 atom stereocenters. The van der Waals surface area contributed by atoms with Crippen LogP contribution in [0.15, 0.2) is 6.07 Å². The maximum absolute atomic E-state index is 12.7. The lowest BCUT2D eigenvalue weighted by molar-refractivity contribution is -0.144. The molecule has 6 nitrogen and oxygen atoms in total. The van der Waals surface area contributed by atoms with Crippen LogP contribution in [-0.2, 0) is 11.0 Å². The summed E-state index contributed by atoms with van der Waals surface area (Å²) in [5.74, 6) is -0.870. The highest BCUT2D eigenvalue weighted by Crippen LogP contribution is 2.28. The average Bonchev–Trinajstić information content (AvgIpc) is 2.82. The molecule has 0 amide bonds. The van der Waals surface area contributed by atoms with E-state index in [2.05, 4.69) is 15.1 Å². The molecule has 20 heavy (non-hydrogen) atoms. The quantitative estimate of drug-likeness (QED) is 0.802. The van der Waals surface area contributed by atoms with Crippen LogP contribution in [0.25, 0.3) is 5.78 Å². The standard InChI is InChI=1S/C11H12F3N5O/c1-7-6-8(18-4-2-3-5-20-18)19-10(15-7)16-9(17-19)11(12,13)14/h6H,2-5H2,1H3. The lowest BCUT2D eigenvalue weighted by Crippen LogP contribution is -2.31. The number of anilines is 1. The summed E-state index contributed by atoms with van der Waals surface area (Å²) in [5.41, 5.74) is 0.558. The van der Waals surface area contributed by atoms with Crippen LogP contribution in [0, 0.1) is 6.92 Å². The molecular formula is C11H12F3N5O. The Morgan fingerprint density at radius 1 is 1.25 bits per heavy atom. The van der Waals surface area contributed by atoms with E-state index in [0.29, 0.717) is 24.7 Å². The Labute approximate surface area is 112 Å². The van der Waals surface area contributed by atoms with Gasteiger partial charge >= 0.3 is 6.18 Å². The van der Waals surface area contributed by atoms with E-state index in [1.54, 1.807) is 18.1 Å². The van der Waals surface area contributed by atoms with E-state index in [1.165, 1.54) is 0 Å². The van der Waals surface area contributed by atoms with Gasteiger partial charge in [0, 0.05) is 18.3 Å². The number of hydrogen-bond acceptors (Lipinski definition) is 5. The molecule has 0 aromatic carbocycles. The van der Waals surface area contributed by atoms with E-state index in [1.807, 2.05) is 0 Å². The summed E-state index contributed by atoms with van der Waals surface area (Å²) in [6.45, 7) is 2.82. The average molecular weight is 287 g/mol. The molecule has 3 heterocycles. The molecule has 9 heteroatoms. The molecule has 0 unspecified atom stereocenters. The fourth-order valence-corrected chi connectivity index (χ4v) is 2.04. The summed E-state index contributed by atoms with van der Waals surface area (Å²) in [7, 11) is 0. The van der Waals surface area contributed by atoms with Gasteiger partial charge in [-0.05, 0) is 19.8 Å². The smallest absolute Gasteiger partial charge is 0.272 e. The highest BCUT2D eigenvalue weighted by atomic mass is 19.4. The molecule has 0 saturated carbocycles. The molecule has 1 fully saturated rings. The van der Waals surface area contributed by atoms with Crippen LogP contribution in [0.4, 0.5) is 19.0 Å². The minimum atomic E-state index is -4.60. The molecule has 0 N–H and O–H groups in total. The first-order valence-corrected chi connectivity index (χ1v) is 6.17. The third-order valence-corrected chi connectivity index (χ3v) is 2.93. The molecule has 0 bridgehead atoms. The highest BCUT2D eigenvalue weighted by molar-refractivity contribution is 5.46. The summed E-state index contributed by atoms with van der Waals surface area (Å²) in [5, 5.41) is 5.04. The Balaban J connectivity index is 2.12. The van der Waals surface area contributed by atoms with Gasteiger partial charge in [0.25, 0.3) is 11.6 Å². The minimum absolute atomic E-state index is 0.0819. The number of rotatable bonds is 1. The third kappa shape index (κ3) is 2.28. The predicted molar refractivity (Wildman–Crippen MR) is 63.1 cm³/mol. The van der Waals surface area contributed by atoms with Crippen LogP contribution in [0.2, 0.25) is 0 Å². The Morgan fingerprint density at radius 3 is 2.70 bits per heavy atom. The van der Waals surface area contributed by atoms with Gasteiger partial charge in [0.05, 0.1) is 6.61 Å². The van der Waals surface area contributed by atoms with Crippen molar-refractivity contribution in [1.29, 1.82) is 0 Å². The molecule has 2 aromatic rings. The topological polar surface area (TPSA) is 55.6 Å². The molecule has 0 spiro atoms. The van der Waals surface area contributed by atoms with E-state index in [9.17, 15) is 13.2 Å². The predicted octanol–water partition coefficient (Wildman–Crippen LogP) is 1.98. The molecule has 3 rings (SSSR count). The number of aryl methyl sites for hydroxylation is 1. The fraction of sp³-hybridized carbons (Fsp3) is 0.545. The van der Waals surface area contributed by atoms with Crippen molar-refractivity contribution in [1.82, 2.24) is 19.6 Å². The van der Waals surface area contributed by atoms with Crippen molar-refractivity contribution in [2.45, 2.75) is 25.9 Å². The van der Waals surface area contributed by atoms with Gasteiger partial charge in [-0.3, -0.25) is 4.84 Å². The second kappa shape index (κ2) is 4.58. The number of halogens is 3. The maximum atomic E-state index is 12.7. The summed E-state index contributed by atoms with van der Waals surface area (Å²) < 4.78 is 39.1. The number of hydroxylamine groups is 1. The summed E-state index contributed by atoms with van der Waals surface area (Å²) in [6.07, 6.45) is -2.76. The first-order chi connectivity index (χ1) is 9.45. The van der Waals surface area contributed by atoms with Gasteiger partial charge in [-0.1, -0.05) is 0 Å². The number of fused-ring (bicyclic) bond motifs is 1. The van der Waals surface area contributed by atoms with Crippen molar-refractivity contribution in [3.8, 4) is 0 Å². The van der Waals surface area contributed by atoms with Gasteiger partial charge in [0.1, 0.15) is 0 Å². The molecule has 0 aliphatic carbocycles.